The van der Waals surface area contributed by atoms with Gasteiger partial charge in [0, 0.05) is 31.8 Å². The van der Waals surface area contributed by atoms with E-state index in [1.807, 2.05) is 42.5 Å². The smallest absolute Gasteiger partial charge is 0.333 e. The van der Waals surface area contributed by atoms with Gasteiger partial charge in [-0.2, -0.15) is 4.57 Å². The summed E-state index contributed by atoms with van der Waals surface area (Å²) >= 11 is 0. The van der Waals surface area contributed by atoms with Gasteiger partial charge in [0.15, 0.2) is 12.4 Å². The summed E-state index contributed by atoms with van der Waals surface area (Å²) in [5, 5.41) is 11.0. The number of pyridine rings is 1. The second-order valence-corrected chi connectivity index (χ2v) is 7.83. The van der Waals surface area contributed by atoms with Gasteiger partial charge in [-0.1, -0.05) is 66.7 Å². The second-order valence-electron chi connectivity index (χ2n) is 7.83. The second kappa shape index (κ2) is 9.08. The van der Waals surface area contributed by atoms with Crippen molar-refractivity contribution >= 4 is 5.78 Å². The lowest BCUT2D eigenvalue weighted by molar-refractivity contribution is -0.710. The summed E-state index contributed by atoms with van der Waals surface area (Å²) in [5.41, 5.74) is -0.176. The van der Waals surface area contributed by atoms with Crippen LogP contribution in [0.4, 0.5) is 0 Å². The fraction of sp³-hybridized carbons (Fsp3) is 0.154. The molecule has 2 heterocycles. The zero-order valence-corrected chi connectivity index (χ0v) is 18.3. The van der Waals surface area contributed by atoms with E-state index in [4.69, 9.17) is 0 Å². The van der Waals surface area contributed by atoms with Crippen molar-refractivity contribution in [3.8, 4) is 5.88 Å². The Bertz CT molecular complexity index is 1390. The average Bonchev–Trinajstić information content (AvgIpc) is 2.87. The Hall–Kier alpha value is -4.26. The van der Waals surface area contributed by atoms with Crippen LogP contribution in [-0.2, 0) is 14.1 Å². The summed E-state index contributed by atoms with van der Waals surface area (Å²) in [4.78, 5) is 39.7. The van der Waals surface area contributed by atoms with E-state index in [2.05, 4.69) is 0 Å². The van der Waals surface area contributed by atoms with Crippen LogP contribution in [0.3, 0.4) is 0 Å². The summed E-state index contributed by atoms with van der Waals surface area (Å²) in [7, 11) is 2.76. The molecule has 1 N–H and O–H groups in total. The fourth-order valence-electron chi connectivity index (χ4n) is 4.13. The van der Waals surface area contributed by atoms with Crippen molar-refractivity contribution in [1.29, 1.82) is 0 Å². The molecule has 7 heteroatoms. The molecule has 0 saturated heterocycles. The highest BCUT2D eigenvalue weighted by Gasteiger charge is 2.42. The molecule has 33 heavy (non-hydrogen) atoms. The van der Waals surface area contributed by atoms with E-state index in [0.29, 0.717) is 11.1 Å². The number of aromatic hydroxyl groups is 1. The minimum Gasteiger partial charge on any atom is -0.494 e. The van der Waals surface area contributed by atoms with E-state index in [-0.39, 0.29) is 11.3 Å². The molecule has 2 atom stereocenters. The molecular weight excluding hydrogens is 418 g/mol. The first kappa shape index (κ1) is 22.0. The standard InChI is InChI=1S/C26H23N3O4/c1-27-24(31)21(25(32)28(2)26(27)33)20(18-12-6-3-7-13-18)22(29-16-10-5-11-17-29)23(30)19-14-8-4-9-15-19/h3-17,20,22H,1-2H3/p+1. The van der Waals surface area contributed by atoms with Crippen LogP contribution < -0.4 is 15.8 Å². The van der Waals surface area contributed by atoms with Gasteiger partial charge in [-0.15, -0.1) is 0 Å². The number of nitrogens with zero attached hydrogens (tertiary/aromatic N) is 3. The first-order valence-electron chi connectivity index (χ1n) is 10.5. The SMILES string of the molecule is Cn1c(O)c(C(c2ccccc2)C(C(=O)c2ccccc2)[n+]2ccccc2)c(=O)n(C)c1=O. The number of Topliss-reactive ketones (excluding diaryl/α,β-unsaturated/α-hetero) is 1. The van der Waals surface area contributed by atoms with Crippen LogP contribution in [0.25, 0.3) is 0 Å². The number of ketones is 1. The van der Waals surface area contributed by atoms with Gasteiger partial charge >= 0.3 is 5.69 Å². The van der Waals surface area contributed by atoms with Crippen LogP contribution >= 0.6 is 0 Å². The highest BCUT2D eigenvalue weighted by atomic mass is 16.3. The molecule has 2 unspecified atom stereocenters. The van der Waals surface area contributed by atoms with Crippen LogP contribution in [0.2, 0.25) is 0 Å². The molecule has 7 nitrogen and oxygen atoms in total. The summed E-state index contributed by atoms with van der Waals surface area (Å²) in [6.07, 6.45) is 3.51. The van der Waals surface area contributed by atoms with Crippen molar-refractivity contribution in [3.05, 3.63) is 129 Å². The fourth-order valence-corrected chi connectivity index (χ4v) is 4.13. The molecule has 2 aromatic heterocycles. The molecule has 4 rings (SSSR count). The van der Waals surface area contributed by atoms with Gasteiger partial charge in [-0.05, 0) is 5.56 Å². The molecule has 166 valence electrons. The zero-order valence-electron chi connectivity index (χ0n) is 18.3. The molecule has 0 aliphatic rings. The molecule has 4 aromatic rings. The van der Waals surface area contributed by atoms with Crippen LogP contribution in [0.15, 0.2) is 101 Å². The first-order valence-corrected chi connectivity index (χ1v) is 10.5. The Kier molecular flexibility index (Phi) is 6.04. The molecule has 0 spiro atoms. The third-order valence-electron chi connectivity index (χ3n) is 5.84. The van der Waals surface area contributed by atoms with E-state index in [1.165, 1.54) is 14.1 Å². The van der Waals surface area contributed by atoms with Crippen LogP contribution in [0.1, 0.15) is 33.4 Å². The van der Waals surface area contributed by atoms with Gasteiger partial charge in [0.2, 0.25) is 17.7 Å². The third-order valence-corrected chi connectivity index (χ3v) is 5.84. The van der Waals surface area contributed by atoms with Gasteiger partial charge in [-0.25, -0.2) is 4.79 Å². The number of hydrogen-bond acceptors (Lipinski definition) is 4. The van der Waals surface area contributed by atoms with Crippen LogP contribution in [0.5, 0.6) is 5.88 Å². The predicted octanol–water partition coefficient (Wildman–Crippen LogP) is 2.33. The molecule has 0 fully saturated rings. The van der Waals surface area contributed by atoms with E-state index in [9.17, 15) is 19.5 Å². The lowest BCUT2D eigenvalue weighted by Gasteiger charge is -2.24. The topological polar surface area (TPSA) is 85.2 Å². The summed E-state index contributed by atoms with van der Waals surface area (Å²) in [5.74, 6) is -1.55. The Balaban J connectivity index is 2.07. The van der Waals surface area contributed by atoms with Crippen LogP contribution in [0, 0.1) is 0 Å². The van der Waals surface area contributed by atoms with Gasteiger partial charge < -0.3 is 5.11 Å². The Morgan fingerprint density at radius 2 is 1.36 bits per heavy atom. The molecule has 0 radical (unpaired) electrons. The average molecular weight is 442 g/mol. The normalized spacial score (nSPS) is 12.8. The summed E-state index contributed by atoms with van der Waals surface area (Å²) < 4.78 is 3.70. The monoisotopic (exact) mass is 442 g/mol. The Labute approximate surface area is 190 Å². The van der Waals surface area contributed by atoms with E-state index >= 15 is 0 Å². The lowest BCUT2D eigenvalue weighted by Crippen LogP contribution is -2.49. The molecular formula is C26H24N3O4+. The largest absolute Gasteiger partial charge is 0.494 e. The zero-order chi connectivity index (χ0) is 23.5. The maximum Gasteiger partial charge on any atom is 0.333 e. The number of benzene rings is 2. The van der Waals surface area contributed by atoms with E-state index in [0.717, 1.165) is 9.13 Å². The van der Waals surface area contributed by atoms with E-state index in [1.54, 1.807) is 53.4 Å². The number of carbonyl (C=O) groups is 1. The highest BCUT2D eigenvalue weighted by Crippen LogP contribution is 2.36. The molecule has 0 saturated carbocycles. The molecule has 0 bridgehead atoms. The van der Waals surface area contributed by atoms with Crippen molar-refractivity contribution in [2.24, 2.45) is 14.1 Å². The third kappa shape index (κ3) is 4.01. The number of hydrogen-bond donors (Lipinski definition) is 1. The number of rotatable bonds is 6. The lowest BCUT2D eigenvalue weighted by atomic mass is 9.82. The van der Waals surface area contributed by atoms with Crippen molar-refractivity contribution < 1.29 is 14.5 Å². The number of carbonyl (C=O) groups excluding carboxylic acids is 1. The minimum atomic E-state index is -0.896. The minimum absolute atomic E-state index is 0.0172. The van der Waals surface area contributed by atoms with Gasteiger partial charge in [0.25, 0.3) is 5.56 Å². The first-order chi connectivity index (χ1) is 15.9. The van der Waals surface area contributed by atoms with E-state index < -0.39 is 29.1 Å². The van der Waals surface area contributed by atoms with Gasteiger partial charge in [0.05, 0.1) is 11.5 Å². The molecule has 0 aliphatic carbocycles. The highest BCUT2D eigenvalue weighted by molar-refractivity contribution is 5.98. The van der Waals surface area contributed by atoms with Crippen molar-refractivity contribution in [3.63, 3.8) is 0 Å². The maximum absolute atomic E-state index is 13.9. The summed E-state index contributed by atoms with van der Waals surface area (Å²) in [6, 6.07) is 22.4. The summed E-state index contributed by atoms with van der Waals surface area (Å²) in [6.45, 7) is 0. The maximum atomic E-state index is 13.9. The van der Waals surface area contributed by atoms with Crippen molar-refractivity contribution in [1.82, 2.24) is 9.13 Å². The van der Waals surface area contributed by atoms with Gasteiger partial charge in [-0.3, -0.25) is 18.7 Å². The van der Waals surface area contributed by atoms with Crippen molar-refractivity contribution in [2.45, 2.75) is 12.0 Å². The molecule has 2 aromatic carbocycles. The predicted molar refractivity (Wildman–Crippen MR) is 123 cm³/mol. The Morgan fingerprint density at radius 1 is 0.818 bits per heavy atom. The van der Waals surface area contributed by atoms with Crippen LogP contribution in [-0.4, -0.2) is 20.0 Å². The Morgan fingerprint density at radius 3 is 1.97 bits per heavy atom. The van der Waals surface area contributed by atoms with Gasteiger partial charge in [0.1, 0.15) is 0 Å². The molecule has 0 aliphatic heterocycles. The molecule has 0 amide bonds. The van der Waals surface area contributed by atoms with Crippen molar-refractivity contribution in [2.75, 3.05) is 0 Å². The number of aromatic nitrogens is 3. The quantitative estimate of drug-likeness (QED) is 0.367.